The lowest BCUT2D eigenvalue weighted by atomic mass is 10.1. The van der Waals surface area contributed by atoms with Crippen LogP contribution in [0, 0.1) is 0 Å². The van der Waals surface area contributed by atoms with Gasteiger partial charge in [0.25, 0.3) is 10.0 Å². The Morgan fingerprint density at radius 2 is 1.95 bits per heavy atom. The topological polar surface area (TPSA) is 90.0 Å². The van der Waals surface area contributed by atoms with Gasteiger partial charge < -0.3 is 5.73 Å². The third-order valence-corrected chi connectivity index (χ3v) is 4.07. The van der Waals surface area contributed by atoms with Crippen molar-refractivity contribution in [2.45, 2.75) is 17.9 Å². The van der Waals surface area contributed by atoms with Gasteiger partial charge >= 0.3 is 0 Å². The number of aromatic nitrogens is 2. The molecular formula is C12H16N4O2S. The molecule has 0 aliphatic carbocycles. The highest BCUT2D eigenvalue weighted by atomic mass is 32.2. The number of benzene rings is 1. The molecule has 0 saturated carbocycles. The zero-order valence-electron chi connectivity index (χ0n) is 10.7. The Kier molecular flexibility index (Phi) is 3.59. The first-order valence-corrected chi connectivity index (χ1v) is 7.24. The van der Waals surface area contributed by atoms with Crippen LogP contribution in [-0.2, 0) is 17.1 Å². The zero-order valence-corrected chi connectivity index (χ0v) is 11.6. The molecule has 2 aromatic rings. The molecular weight excluding hydrogens is 264 g/mol. The van der Waals surface area contributed by atoms with Crippen LogP contribution in [0.15, 0.2) is 41.6 Å². The van der Waals surface area contributed by atoms with Gasteiger partial charge in [0.2, 0.25) is 0 Å². The maximum absolute atomic E-state index is 12.1. The van der Waals surface area contributed by atoms with Crippen molar-refractivity contribution in [3.05, 3.63) is 42.2 Å². The minimum Gasteiger partial charge on any atom is -0.324 e. The molecule has 0 bridgehead atoms. The number of aryl methyl sites for hydroxylation is 1. The average molecular weight is 280 g/mol. The lowest BCUT2D eigenvalue weighted by molar-refractivity contribution is 0.601. The van der Waals surface area contributed by atoms with E-state index in [9.17, 15) is 8.42 Å². The fraction of sp³-hybridized carbons (Fsp3) is 0.250. The molecule has 19 heavy (non-hydrogen) atoms. The van der Waals surface area contributed by atoms with Crippen molar-refractivity contribution >= 4 is 15.7 Å². The number of hydrogen-bond acceptors (Lipinski definition) is 4. The van der Waals surface area contributed by atoms with Gasteiger partial charge in [-0.2, -0.15) is 5.10 Å². The van der Waals surface area contributed by atoms with E-state index in [-0.39, 0.29) is 10.9 Å². The molecule has 1 aromatic carbocycles. The maximum Gasteiger partial charge on any atom is 0.261 e. The van der Waals surface area contributed by atoms with Gasteiger partial charge in [0.1, 0.15) is 0 Å². The van der Waals surface area contributed by atoms with Crippen molar-refractivity contribution in [2.75, 3.05) is 4.72 Å². The molecule has 1 atom stereocenters. The summed E-state index contributed by atoms with van der Waals surface area (Å²) in [6.45, 7) is 1.84. The van der Waals surface area contributed by atoms with Gasteiger partial charge in [0.05, 0.1) is 16.8 Å². The van der Waals surface area contributed by atoms with E-state index in [2.05, 4.69) is 9.82 Å². The molecule has 3 N–H and O–H groups in total. The van der Waals surface area contributed by atoms with E-state index in [1.165, 1.54) is 23.0 Å². The minimum atomic E-state index is -3.59. The highest BCUT2D eigenvalue weighted by molar-refractivity contribution is 7.92. The number of sulfonamides is 1. The molecule has 1 unspecified atom stereocenters. The number of nitrogens with two attached hydrogens (primary N) is 1. The van der Waals surface area contributed by atoms with Crippen LogP contribution in [-0.4, -0.2) is 18.2 Å². The normalized spacial score (nSPS) is 13.2. The van der Waals surface area contributed by atoms with E-state index < -0.39 is 10.0 Å². The first kappa shape index (κ1) is 13.6. The van der Waals surface area contributed by atoms with Crippen molar-refractivity contribution in [3.8, 4) is 0 Å². The first-order valence-electron chi connectivity index (χ1n) is 5.75. The molecule has 0 amide bonds. The van der Waals surface area contributed by atoms with Gasteiger partial charge in [-0.15, -0.1) is 0 Å². The van der Waals surface area contributed by atoms with Crippen molar-refractivity contribution in [1.82, 2.24) is 9.78 Å². The molecule has 7 heteroatoms. The third kappa shape index (κ3) is 3.12. The van der Waals surface area contributed by atoms with E-state index in [1.807, 2.05) is 6.92 Å². The first-order chi connectivity index (χ1) is 8.88. The SMILES string of the molecule is CC(N)c1ccc(S(=O)(=O)Nc2cnn(C)c2)cc1. The van der Waals surface area contributed by atoms with Crippen molar-refractivity contribution in [1.29, 1.82) is 0 Å². The van der Waals surface area contributed by atoms with Crippen LogP contribution in [0.3, 0.4) is 0 Å². The molecule has 102 valence electrons. The standard InChI is InChI=1S/C12H16N4O2S/c1-9(13)10-3-5-12(6-4-10)19(17,18)15-11-7-14-16(2)8-11/h3-9,15H,13H2,1-2H3. The lowest BCUT2D eigenvalue weighted by Gasteiger charge is -2.08. The molecule has 0 aliphatic heterocycles. The number of anilines is 1. The Morgan fingerprint density at radius 1 is 1.32 bits per heavy atom. The molecule has 0 spiro atoms. The van der Waals surface area contributed by atoms with Crippen molar-refractivity contribution in [3.63, 3.8) is 0 Å². The van der Waals surface area contributed by atoms with E-state index in [1.54, 1.807) is 25.4 Å². The summed E-state index contributed by atoms with van der Waals surface area (Å²) in [5.74, 6) is 0. The Labute approximate surface area is 112 Å². The predicted molar refractivity (Wildman–Crippen MR) is 73.1 cm³/mol. The highest BCUT2D eigenvalue weighted by Gasteiger charge is 2.15. The summed E-state index contributed by atoms with van der Waals surface area (Å²) >= 11 is 0. The Bertz CT molecular complexity index is 659. The second kappa shape index (κ2) is 5.02. The number of hydrogen-bond donors (Lipinski definition) is 2. The average Bonchev–Trinajstić information content (AvgIpc) is 2.74. The summed E-state index contributed by atoms with van der Waals surface area (Å²) in [4.78, 5) is 0.195. The van der Waals surface area contributed by atoms with Gasteiger partial charge in [-0.1, -0.05) is 12.1 Å². The van der Waals surface area contributed by atoms with Crippen LogP contribution in [0.1, 0.15) is 18.5 Å². The lowest BCUT2D eigenvalue weighted by Crippen LogP contribution is -2.13. The number of nitrogens with one attached hydrogen (secondary N) is 1. The smallest absolute Gasteiger partial charge is 0.261 e. The fourth-order valence-corrected chi connectivity index (χ4v) is 2.67. The van der Waals surface area contributed by atoms with Crippen LogP contribution in [0.4, 0.5) is 5.69 Å². The Hall–Kier alpha value is -1.86. The highest BCUT2D eigenvalue weighted by Crippen LogP contribution is 2.17. The van der Waals surface area contributed by atoms with Gasteiger partial charge in [-0.25, -0.2) is 8.42 Å². The van der Waals surface area contributed by atoms with Crippen LogP contribution in [0.5, 0.6) is 0 Å². The summed E-state index contributed by atoms with van der Waals surface area (Å²) in [5.41, 5.74) is 7.04. The van der Waals surface area contributed by atoms with E-state index in [0.717, 1.165) is 5.56 Å². The summed E-state index contributed by atoms with van der Waals surface area (Å²) in [6, 6.07) is 6.38. The van der Waals surface area contributed by atoms with E-state index in [0.29, 0.717) is 5.69 Å². The molecule has 2 rings (SSSR count). The second-order valence-corrected chi connectivity index (χ2v) is 6.05. The monoisotopic (exact) mass is 280 g/mol. The molecule has 1 heterocycles. The van der Waals surface area contributed by atoms with Gasteiger partial charge in [-0.3, -0.25) is 9.40 Å². The van der Waals surface area contributed by atoms with Gasteiger partial charge in [0.15, 0.2) is 0 Å². The molecule has 1 aromatic heterocycles. The largest absolute Gasteiger partial charge is 0.324 e. The third-order valence-electron chi connectivity index (χ3n) is 2.67. The molecule has 0 radical (unpaired) electrons. The van der Waals surface area contributed by atoms with Crippen LogP contribution in [0.2, 0.25) is 0 Å². The second-order valence-electron chi connectivity index (χ2n) is 4.37. The van der Waals surface area contributed by atoms with Crippen LogP contribution >= 0.6 is 0 Å². The van der Waals surface area contributed by atoms with Crippen molar-refractivity contribution in [2.24, 2.45) is 12.8 Å². The summed E-state index contributed by atoms with van der Waals surface area (Å²) in [5, 5.41) is 3.90. The maximum atomic E-state index is 12.1. The Morgan fingerprint density at radius 3 is 2.42 bits per heavy atom. The number of rotatable bonds is 4. The summed E-state index contributed by atoms with van der Waals surface area (Å²) in [6.07, 6.45) is 3.04. The number of nitrogens with zero attached hydrogens (tertiary/aromatic N) is 2. The Balaban J connectivity index is 2.24. The molecule has 0 aliphatic rings. The van der Waals surface area contributed by atoms with Gasteiger partial charge in [0, 0.05) is 19.3 Å². The van der Waals surface area contributed by atoms with Gasteiger partial charge in [-0.05, 0) is 24.6 Å². The van der Waals surface area contributed by atoms with Crippen LogP contribution < -0.4 is 10.5 Å². The summed E-state index contributed by atoms with van der Waals surface area (Å²) in [7, 11) is -1.87. The predicted octanol–water partition coefficient (Wildman–Crippen LogP) is 1.24. The quantitative estimate of drug-likeness (QED) is 0.881. The summed E-state index contributed by atoms with van der Waals surface area (Å²) < 4.78 is 28.2. The van der Waals surface area contributed by atoms with Crippen molar-refractivity contribution < 1.29 is 8.42 Å². The fourth-order valence-electron chi connectivity index (χ4n) is 1.64. The molecule has 0 saturated heterocycles. The zero-order chi connectivity index (χ0) is 14.0. The molecule has 0 fully saturated rings. The van der Waals surface area contributed by atoms with Crippen LogP contribution in [0.25, 0.3) is 0 Å². The van der Waals surface area contributed by atoms with E-state index >= 15 is 0 Å². The van der Waals surface area contributed by atoms with E-state index in [4.69, 9.17) is 5.73 Å². The molecule has 6 nitrogen and oxygen atoms in total. The minimum absolute atomic E-state index is 0.122.